The van der Waals surface area contributed by atoms with Gasteiger partial charge in [-0.25, -0.2) is 17.9 Å². The summed E-state index contributed by atoms with van der Waals surface area (Å²) in [4.78, 5) is 10.5. The summed E-state index contributed by atoms with van der Waals surface area (Å²) < 4.78 is 73.0. The summed E-state index contributed by atoms with van der Waals surface area (Å²) >= 11 is 0. The Balaban J connectivity index is 3.17. The Hall–Kier alpha value is -1.81. The van der Waals surface area contributed by atoms with Crippen LogP contribution in [0.25, 0.3) is 0 Å². The molecule has 0 atom stereocenters. The molecule has 0 unspecified atom stereocenters. The summed E-state index contributed by atoms with van der Waals surface area (Å²) in [7, 11) is -3.03. The van der Waals surface area contributed by atoms with Crippen LogP contribution in [0.1, 0.15) is 12.5 Å². The first-order valence-corrected chi connectivity index (χ1v) is 7.52. The van der Waals surface area contributed by atoms with Crippen molar-refractivity contribution in [3.05, 3.63) is 23.8 Å². The van der Waals surface area contributed by atoms with E-state index in [0.717, 1.165) is 13.1 Å². The van der Waals surface area contributed by atoms with Gasteiger partial charge in [-0.2, -0.15) is 13.2 Å². The highest BCUT2D eigenvalue weighted by Gasteiger charge is 2.32. The summed E-state index contributed by atoms with van der Waals surface area (Å²) in [5.41, 5.74) is -1.21. The average Bonchev–Trinajstić information content (AvgIpc) is 2.44. The molecule has 0 spiro atoms. The number of ether oxygens (including phenoxy) is 2. The van der Waals surface area contributed by atoms with Crippen molar-refractivity contribution in [2.45, 2.75) is 18.0 Å². The van der Waals surface area contributed by atoms with Crippen molar-refractivity contribution in [3.63, 3.8) is 0 Å². The highest BCUT2D eigenvalue weighted by atomic mass is 32.2. The molecule has 0 heterocycles. The molecule has 0 aromatic heterocycles. The Labute approximate surface area is 125 Å². The number of esters is 1. The van der Waals surface area contributed by atoms with Crippen LogP contribution in [0.2, 0.25) is 0 Å². The van der Waals surface area contributed by atoms with Gasteiger partial charge in [0, 0.05) is 6.07 Å². The fourth-order valence-electron chi connectivity index (χ4n) is 1.44. The molecule has 1 aromatic carbocycles. The number of alkyl halides is 3. The minimum atomic E-state index is -4.76. The molecule has 6 nitrogen and oxygen atoms in total. The molecule has 1 N–H and O–H groups in total. The lowest BCUT2D eigenvalue weighted by Crippen LogP contribution is -2.20. The summed E-state index contributed by atoms with van der Waals surface area (Å²) in [5, 5.41) is 0. The predicted molar refractivity (Wildman–Crippen MR) is 69.8 cm³/mol. The molecule has 0 saturated heterocycles. The van der Waals surface area contributed by atoms with E-state index in [-0.39, 0.29) is 6.61 Å². The van der Waals surface area contributed by atoms with Gasteiger partial charge >= 0.3 is 12.1 Å². The fourth-order valence-corrected chi connectivity index (χ4v) is 2.23. The summed E-state index contributed by atoms with van der Waals surface area (Å²) in [6.07, 6.45) is -4.76. The van der Waals surface area contributed by atoms with Crippen LogP contribution in [0.5, 0.6) is 5.75 Å². The van der Waals surface area contributed by atoms with Crippen LogP contribution in [0.3, 0.4) is 0 Å². The number of benzene rings is 1. The third kappa shape index (κ3) is 4.88. The molecule has 0 aliphatic carbocycles. The van der Waals surface area contributed by atoms with Crippen LogP contribution in [0.15, 0.2) is 23.1 Å². The summed E-state index contributed by atoms with van der Waals surface area (Å²) in [6.45, 7) is 1.01. The monoisotopic (exact) mass is 341 g/mol. The third-order valence-electron chi connectivity index (χ3n) is 2.45. The van der Waals surface area contributed by atoms with Crippen molar-refractivity contribution < 1.29 is 35.9 Å². The van der Waals surface area contributed by atoms with E-state index in [4.69, 9.17) is 4.74 Å². The van der Waals surface area contributed by atoms with Gasteiger partial charge in [0.25, 0.3) is 0 Å². The van der Waals surface area contributed by atoms with Gasteiger partial charge in [-0.15, -0.1) is 0 Å². The molecule has 124 valence electrons. The van der Waals surface area contributed by atoms with Crippen LogP contribution < -0.4 is 9.46 Å². The predicted octanol–water partition coefficient (Wildman–Crippen LogP) is 1.56. The van der Waals surface area contributed by atoms with Gasteiger partial charge in [0.15, 0.2) is 6.61 Å². The second kappa shape index (κ2) is 6.97. The van der Waals surface area contributed by atoms with Gasteiger partial charge in [0.2, 0.25) is 10.0 Å². The van der Waals surface area contributed by atoms with E-state index in [1.807, 2.05) is 4.72 Å². The summed E-state index contributed by atoms with van der Waals surface area (Å²) in [6, 6.07) is 1.97. The zero-order chi connectivity index (χ0) is 17.0. The van der Waals surface area contributed by atoms with E-state index in [9.17, 15) is 26.4 Å². The highest BCUT2D eigenvalue weighted by Crippen LogP contribution is 2.33. The molecule has 22 heavy (non-hydrogen) atoms. The molecule has 1 rings (SSSR count). The molecule has 10 heteroatoms. The molecule has 0 radical (unpaired) electrons. The molecule has 0 aliphatic rings. The third-order valence-corrected chi connectivity index (χ3v) is 3.84. The zero-order valence-corrected chi connectivity index (χ0v) is 12.5. The van der Waals surface area contributed by atoms with E-state index >= 15 is 0 Å². The van der Waals surface area contributed by atoms with Gasteiger partial charge in [-0.3, -0.25) is 0 Å². The Morgan fingerprint density at radius 3 is 2.41 bits per heavy atom. The molecular weight excluding hydrogens is 327 g/mol. The van der Waals surface area contributed by atoms with E-state index in [0.29, 0.717) is 12.1 Å². The van der Waals surface area contributed by atoms with E-state index in [1.165, 1.54) is 0 Å². The van der Waals surface area contributed by atoms with Crippen molar-refractivity contribution in [3.8, 4) is 5.75 Å². The number of carbonyl (C=O) groups is 1. The van der Waals surface area contributed by atoms with Crippen LogP contribution in [0.4, 0.5) is 13.2 Å². The number of halogens is 3. The van der Waals surface area contributed by atoms with Crippen LogP contribution in [0, 0.1) is 0 Å². The lowest BCUT2D eigenvalue weighted by molar-refractivity contribution is -0.145. The molecule has 0 amide bonds. The van der Waals surface area contributed by atoms with Crippen LogP contribution in [-0.2, 0) is 25.7 Å². The van der Waals surface area contributed by atoms with Gasteiger partial charge in [-0.1, -0.05) is 0 Å². The standard InChI is InChI=1S/C12H14F3NO5S/c1-3-20-11(17)7-21-9-4-8(12(13,14)15)5-10(6-9)22(18,19)16-2/h4-6,16H,3,7H2,1-2H3. The zero-order valence-electron chi connectivity index (χ0n) is 11.7. The number of carbonyl (C=O) groups excluding carboxylic acids is 1. The number of hydrogen-bond acceptors (Lipinski definition) is 5. The normalized spacial score (nSPS) is 12.0. The first-order valence-electron chi connectivity index (χ1n) is 6.04. The van der Waals surface area contributed by atoms with Gasteiger partial charge < -0.3 is 9.47 Å². The quantitative estimate of drug-likeness (QED) is 0.794. The largest absolute Gasteiger partial charge is 0.482 e. The van der Waals surface area contributed by atoms with Crippen molar-refractivity contribution >= 4 is 16.0 Å². The molecule has 0 bridgehead atoms. The SMILES string of the molecule is CCOC(=O)COc1cc(C(F)(F)F)cc(S(=O)(=O)NC)c1. The van der Waals surface area contributed by atoms with E-state index in [2.05, 4.69) is 4.74 Å². The molecule has 0 aliphatic heterocycles. The Bertz CT molecular complexity index is 643. The van der Waals surface area contributed by atoms with E-state index in [1.54, 1.807) is 6.92 Å². The highest BCUT2D eigenvalue weighted by molar-refractivity contribution is 7.89. The maximum atomic E-state index is 12.8. The maximum Gasteiger partial charge on any atom is 0.416 e. The molecular formula is C12H14F3NO5S. The number of rotatable bonds is 6. The Morgan fingerprint density at radius 2 is 1.91 bits per heavy atom. The fraction of sp³-hybridized carbons (Fsp3) is 0.417. The topological polar surface area (TPSA) is 81.7 Å². The number of nitrogens with one attached hydrogen (secondary N) is 1. The van der Waals surface area contributed by atoms with Crippen LogP contribution in [-0.4, -0.2) is 34.6 Å². The number of sulfonamides is 1. The minimum Gasteiger partial charge on any atom is -0.482 e. The Morgan fingerprint density at radius 1 is 1.27 bits per heavy atom. The van der Waals surface area contributed by atoms with Crippen LogP contribution >= 0.6 is 0 Å². The van der Waals surface area contributed by atoms with Gasteiger partial charge in [0.1, 0.15) is 5.75 Å². The molecule has 1 aromatic rings. The lowest BCUT2D eigenvalue weighted by atomic mass is 10.2. The lowest BCUT2D eigenvalue weighted by Gasteiger charge is -2.13. The summed E-state index contributed by atoms with van der Waals surface area (Å²) in [5.74, 6) is -1.19. The van der Waals surface area contributed by atoms with Crippen molar-refractivity contribution in [1.82, 2.24) is 4.72 Å². The first-order chi connectivity index (χ1) is 10.1. The second-order valence-corrected chi connectivity index (χ2v) is 5.88. The van der Waals surface area contributed by atoms with Crippen molar-refractivity contribution in [2.24, 2.45) is 0 Å². The first kappa shape index (κ1) is 18.2. The smallest absolute Gasteiger partial charge is 0.416 e. The van der Waals surface area contributed by atoms with Gasteiger partial charge in [0.05, 0.1) is 17.1 Å². The molecule has 0 fully saturated rings. The van der Waals surface area contributed by atoms with Gasteiger partial charge in [-0.05, 0) is 26.1 Å². The maximum absolute atomic E-state index is 12.8. The van der Waals surface area contributed by atoms with Crippen molar-refractivity contribution in [2.75, 3.05) is 20.3 Å². The van der Waals surface area contributed by atoms with Crippen molar-refractivity contribution in [1.29, 1.82) is 0 Å². The average molecular weight is 341 g/mol. The Kier molecular flexibility index (Phi) is 5.78. The second-order valence-electron chi connectivity index (χ2n) is 3.99. The minimum absolute atomic E-state index is 0.0875. The van der Waals surface area contributed by atoms with E-state index < -0.39 is 45.0 Å². The number of hydrogen-bond donors (Lipinski definition) is 1. The molecule has 0 saturated carbocycles.